The molecule has 108 valence electrons. The highest BCUT2D eigenvalue weighted by molar-refractivity contribution is 5.71. The number of rotatable bonds is 2. The van der Waals surface area contributed by atoms with Crippen molar-refractivity contribution in [2.45, 2.75) is 76.3 Å². The highest BCUT2D eigenvalue weighted by Crippen LogP contribution is 2.40. The van der Waals surface area contributed by atoms with Gasteiger partial charge in [-0.05, 0) is 51.0 Å². The van der Waals surface area contributed by atoms with Gasteiger partial charge in [0.15, 0.2) is 0 Å². The van der Waals surface area contributed by atoms with Gasteiger partial charge in [-0.3, -0.25) is 9.69 Å². The van der Waals surface area contributed by atoms with E-state index >= 15 is 0 Å². The first-order valence-electron chi connectivity index (χ1n) is 8.26. The van der Waals surface area contributed by atoms with Gasteiger partial charge in [-0.1, -0.05) is 25.7 Å². The molecule has 0 aromatic heterocycles. The van der Waals surface area contributed by atoms with Gasteiger partial charge in [0.25, 0.3) is 0 Å². The lowest BCUT2D eigenvalue weighted by atomic mass is 9.75. The Hall–Kier alpha value is -0.570. The van der Waals surface area contributed by atoms with Crippen molar-refractivity contribution in [3.8, 4) is 0 Å². The summed E-state index contributed by atoms with van der Waals surface area (Å²) in [6.45, 7) is 1.15. The molecule has 0 amide bonds. The number of aliphatic carboxylic acids is 1. The van der Waals surface area contributed by atoms with Crippen molar-refractivity contribution in [1.82, 2.24) is 4.90 Å². The molecule has 3 heteroatoms. The first-order valence-corrected chi connectivity index (χ1v) is 8.26. The Morgan fingerprint density at radius 1 is 0.842 bits per heavy atom. The maximum atomic E-state index is 11.5. The molecule has 1 heterocycles. The molecule has 0 radical (unpaired) electrons. The number of hydrogen-bond donors (Lipinski definition) is 1. The van der Waals surface area contributed by atoms with Crippen molar-refractivity contribution in [1.29, 1.82) is 0 Å². The molecule has 0 aromatic carbocycles. The van der Waals surface area contributed by atoms with Gasteiger partial charge < -0.3 is 5.11 Å². The highest BCUT2D eigenvalue weighted by atomic mass is 16.4. The van der Waals surface area contributed by atoms with Crippen LogP contribution in [0.5, 0.6) is 0 Å². The third-order valence-corrected chi connectivity index (χ3v) is 5.76. The van der Waals surface area contributed by atoms with Crippen molar-refractivity contribution in [3.63, 3.8) is 0 Å². The lowest BCUT2D eigenvalue weighted by Gasteiger charge is -2.50. The number of piperidine rings is 1. The molecule has 4 unspecified atom stereocenters. The van der Waals surface area contributed by atoms with Crippen LogP contribution in [0.3, 0.4) is 0 Å². The minimum Gasteiger partial charge on any atom is -0.481 e. The van der Waals surface area contributed by atoms with E-state index in [0.29, 0.717) is 12.1 Å². The maximum Gasteiger partial charge on any atom is 0.308 e. The number of fused-ring (bicyclic) bond motifs is 1. The third kappa shape index (κ3) is 2.67. The standard InChI is InChI=1S/C16H27NO2/c18-16(19)13-8-2-4-10-15(13)17-11-5-7-12-6-1-3-9-14(12)17/h12-15H,1-11H2,(H,18,19). The van der Waals surface area contributed by atoms with E-state index in [2.05, 4.69) is 4.90 Å². The molecule has 0 bridgehead atoms. The average Bonchev–Trinajstić information content (AvgIpc) is 2.46. The summed E-state index contributed by atoms with van der Waals surface area (Å²) in [6, 6.07) is 1.03. The van der Waals surface area contributed by atoms with Crippen LogP contribution in [0.4, 0.5) is 0 Å². The third-order valence-electron chi connectivity index (χ3n) is 5.76. The van der Waals surface area contributed by atoms with Gasteiger partial charge in [0.1, 0.15) is 0 Å². The lowest BCUT2D eigenvalue weighted by Crippen LogP contribution is -2.55. The molecule has 3 aliphatic rings. The van der Waals surface area contributed by atoms with Crippen LogP contribution in [0.1, 0.15) is 64.2 Å². The molecular formula is C16H27NO2. The van der Waals surface area contributed by atoms with Gasteiger partial charge in [0.05, 0.1) is 5.92 Å². The maximum absolute atomic E-state index is 11.5. The summed E-state index contributed by atoms with van der Waals surface area (Å²) in [5, 5.41) is 9.51. The summed E-state index contributed by atoms with van der Waals surface area (Å²) in [5.74, 6) is 0.205. The molecule has 0 spiro atoms. The smallest absolute Gasteiger partial charge is 0.308 e. The second-order valence-corrected chi connectivity index (χ2v) is 6.79. The summed E-state index contributed by atoms with van der Waals surface area (Å²) in [7, 11) is 0. The minimum absolute atomic E-state index is 0.102. The largest absolute Gasteiger partial charge is 0.481 e. The molecular weight excluding hydrogens is 238 g/mol. The number of likely N-dealkylation sites (tertiary alicyclic amines) is 1. The van der Waals surface area contributed by atoms with E-state index in [0.717, 1.165) is 31.7 Å². The summed E-state index contributed by atoms with van der Waals surface area (Å²) < 4.78 is 0. The monoisotopic (exact) mass is 265 g/mol. The predicted molar refractivity (Wildman–Crippen MR) is 75.1 cm³/mol. The van der Waals surface area contributed by atoms with Crippen LogP contribution in [0, 0.1) is 11.8 Å². The van der Waals surface area contributed by atoms with Gasteiger partial charge >= 0.3 is 5.97 Å². The lowest BCUT2D eigenvalue weighted by molar-refractivity contribution is -0.147. The highest BCUT2D eigenvalue weighted by Gasteiger charge is 2.41. The van der Waals surface area contributed by atoms with Gasteiger partial charge in [-0.15, -0.1) is 0 Å². The van der Waals surface area contributed by atoms with E-state index < -0.39 is 5.97 Å². The van der Waals surface area contributed by atoms with Gasteiger partial charge in [0, 0.05) is 12.1 Å². The molecule has 1 saturated heterocycles. The Bertz CT molecular complexity index is 329. The molecule has 4 atom stereocenters. The molecule has 1 N–H and O–H groups in total. The van der Waals surface area contributed by atoms with Gasteiger partial charge in [-0.2, -0.15) is 0 Å². The van der Waals surface area contributed by atoms with Crippen LogP contribution in [0.2, 0.25) is 0 Å². The van der Waals surface area contributed by atoms with Crippen LogP contribution in [0.25, 0.3) is 0 Å². The van der Waals surface area contributed by atoms with E-state index in [-0.39, 0.29) is 5.92 Å². The molecule has 3 nitrogen and oxygen atoms in total. The van der Waals surface area contributed by atoms with Crippen LogP contribution in [-0.2, 0) is 4.79 Å². The number of carbonyl (C=O) groups is 1. The second-order valence-electron chi connectivity index (χ2n) is 6.79. The predicted octanol–water partition coefficient (Wildman–Crippen LogP) is 3.28. The zero-order valence-corrected chi connectivity index (χ0v) is 11.9. The van der Waals surface area contributed by atoms with Gasteiger partial charge in [-0.25, -0.2) is 0 Å². The summed E-state index contributed by atoms with van der Waals surface area (Å²) in [6.07, 6.45) is 12.4. The molecule has 1 aliphatic heterocycles. The molecule has 2 aliphatic carbocycles. The first kappa shape index (κ1) is 13.4. The zero-order valence-electron chi connectivity index (χ0n) is 11.9. The SMILES string of the molecule is O=C(O)C1CCCCC1N1CCCC2CCCCC21. The minimum atomic E-state index is -0.553. The number of carboxylic acid groups (broad SMARTS) is 1. The van der Waals surface area contributed by atoms with Crippen LogP contribution >= 0.6 is 0 Å². The van der Waals surface area contributed by atoms with Crippen molar-refractivity contribution < 1.29 is 9.90 Å². The Balaban J connectivity index is 1.76. The number of nitrogens with zero attached hydrogens (tertiary/aromatic N) is 1. The Labute approximate surface area is 116 Å². The fourth-order valence-electron chi connectivity index (χ4n) is 4.87. The van der Waals surface area contributed by atoms with E-state index in [1.165, 1.54) is 44.9 Å². The van der Waals surface area contributed by atoms with Crippen molar-refractivity contribution in [2.24, 2.45) is 11.8 Å². The van der Waals surface area contributed by atoms with Crippen LogP contribution in [-0.4, -0.2) is 34.6 Å². The van der Waals surface area contributed by atoms with Crippen molar-refractivity contribution in [3.05, 3.63) is 0 Å². The summed E-state index contributed by atoms with van der Waals surface area (Å²) in [4.78, 5) is 14.2. The topological polar surface area (TPSA) is 40.5 Å². The molecule has 3 fully saturated rings. The van der Waals surface area contributed by atoms with E-state index in [9.17, 15) is 9.90 Å². The molecule has 3 rings (SSSR count). The Morgan fingerprint density at radius 3 is 2.26 bits per heavy atom. The Morgan fingerprint density at radius 2 is 1.47 bits per heavy atom. The second kappa shape index (κ2) is 5.82. The van der Waals surface area contributed by atoms with Crippen LogP contribution < -0.4 is 0 Å². The number of carboxylic acids is 1. The number of hydrogen-bond acceptors (Lipinski definition) is 2. The average molecular weight is 265 g/mol. The fourth-order valence-corrected chi connectivity index (χ4v) is 4.87. The van der Waals surface area contributed by atoms with E-state index in [4.69, 9.17) is 0 Å². The van der Waals surface area contributed by atoms with Crippen molar-refractivity contribution >= 4 is 5.97 Å². The quantitative estimate of drug-likeness (QED) is 0.833. The Kier molecular flexibility index (Phi) is 4.11. The summed E-state index contributed by atoms with van der Waals surface area (Å²) in [5.41, 5.74) is 0. The summed E-state index contributed by atoms with van der Waals surface area (Å²) >= 11 is 0. The normalized spacial score (nSPS) is 40.6. The molecule has 2 saturated carbocycles. The first-order chi connectivity index (χ1) is 9.27. The molecule has 0 aromatic rings. The molecule has 19 heavy (non-hydrogen) atoms. The van der Waals surface area contributed by atoms with Crippen molar-refractivity contribution in [2.75, 3.05) is 6.54 Å². The van der Waals surface area contributed by atoms with E-state index in [1.54, 1.807) is 0 Å². The zero-order chi connectivity index (χ0) is 13.2. The fraction of sp³-hybridized carbons (Fsp3) is 0.938. The van der Waals surface area contributed by atoms with Gasteiger partial charge in [0.2, 0.25) is 0 Å². The van der Waals surface area contributed by atoms with Crippen LogP contribution in [0.15, 0.2) is 0 Å². The van der Waals surface area contributed by atoms with E-state index in [1.807, 2.05) is 0 Å².